The molecule has 1 N–H and O–H groups in total. The molecule has 2 rings (SSSR count). The third-order valence-electron chi connectivity index (χ3n) is 3.93. The Morgan fingerprint density at radius 1 is 0.920 bits per heavy atom. The summed E-state index contributed by atoms with van der Waals surface area (Å²) in [5.74, 6) is 0. The van der Waals surface area contributed by atoms with Crippen molar-refractivity contribution in [2.75, 3.05) is 7.05 Å². The number of rotatable bonds is 4. The minimum Gasteiger partial charge on any atom is -0.317 e. The summed E-state index contributed by atoms with van der Waals surface area (Å²) in [5.41, 5.74) is -2.95. The second-order valence-electron chi connectivity index (χ2n) is 5.82. The van der Waals surface area contributed by atoms with Gasteiger partial charge in [0, 0.05) is 6.04 Å². The van der Waals surface area contributed by atoms with Crippen LogP contribution in [0.3, 0.4) is 0 Å². The number of likely N-dealkylation sites (N-methyl/N-ethyl adjacent to an activating group) is 1. The first-order valence-electron chi connectivity index (χ1n) is 7.58. The molecular weight excluding hydrogens is 344 g/mol. The van der Waals surface area contributed by atoms with E-state index in [-0.39, 0.29) is 11.6 Å². The molecule has 1 nitrogen and oxygen atoms in total. The molecule has 7 heteroatoms. The summed E-state index contributed by atoms with van der Waals surface area (Å²) < 4.78 is 79.3. The Morgan fingerprint density at radius 2 is 1.56 bits per heavy atom. The summed E-state index contributed by atoms with van der Waals surface area (Å²) in [4.78, 5) is 0. The van der Waals surface area contributed by atoms with Gasteiger partial charge in [-0.3, -0.25) is 0 Å². The maximum Gasteiger partial charge on any atom is 0.417 e. The quantitative estimate of drug-likeness (QED) is 0.705. The van der Waals surface area contributed by atoms with E-state index in [0.29, 0.717) is 12.5 Å². The molecule has 1 unspecified atom stereocenters. The monoisotopic (exact) mass is 361 g/mol. The van der Waals surface area contributed by atoms with E-state index in [1.807, 2.05) is 6.92 Å². The third-order valence-corrected chi connectivity index (χ3v) is 3.93. The Kier molecular flexibility index (Phi) is 5.46. The summed E-state index contributed by atoms with van der Waals surface area (Å²) in [6.07, 6.45) is -9.65. The van der Waals surface area contributed by atoms with E-state index in [1.54, 1.807) is 19.2 Å². The highest BCUT2D eigenvalue weighted by Crippen LogP contribution is 2.45. The summed E-state index contributed by atoms with van der Waals surface area (Å²) in [6.45, 7) is 1.90. The Bertz CT molecular complexity index is 733. The fourth-order valence-corrected chi connectivity index (χ4v) is 2.66. The van der Waals surface area contributed by atoms with Crippen molar-refractivity contribution in [2.45, 2.75) is 31.7 Å². The molecule has 0 saturated heterocycles. The molecule has 0 aliphatic heterocycles. The van der Waals surface area contributed by atoms with Crippen molar-refractivity contribution in [3.8, 4) is 11.1 Å². The van der Waals surface area contributed by atoms with Gasteiger partial charge in [0.1, 0.15) is 0 Å². The van der Waals surface area contributed by atoms with Crippen LogP contribution < -0.4 is 5.32 Å². The third kappa shape index (κ3) is 4.54. The van der Waals surface area contributed by atoms with E-state index in [4.69, 9.17) is 0 Å². The zero-order valence-electron chi connectivity index (χ0n) is 13.6. The van der Waals surface area contributed by atoms with E-state index in [9.17, 15) is 26.3 Å². The van der Waals surface area contributed by atoms with Gasteiger partial charge in [0.2, 0.25) is 0 Å². The molecular formula is C18H17F6N. The Balaban J connectivity index is 2.62. The van der Waals surface area contributed by atoms with Crippen LogP contribution in [0, 0.1) is 0 Å². The highest BCUT2D eigenvalue weighted by atomic mass is 19.4. The molecule has 0 radical (unpaired) electrons. The predicted octanol–water partition coefficient (Wildman–Crippen LogP) is 5.54. The zero-order valence-corrected chi connectivity index (χ0v) is 13.6. The van der Waals surface area contributed by atoms with Crippen LogP contribution in [0.5, 0.6) is 0 Å². The van der Waals surface area contributed by atoms with Crippen LogP contribution in [0.25, 0.3) is 11.1 Å². The Morgan fingerprint density at radius 3 is 2.12 bits per heavy atom. The molecule has 0 fully saturated rings. The van der Waals surface area contributed by atoms with Gasteiger partial charge in [-0.05, 0) is 43.1 Å². The van der Waals surface area contributed by atoms with Crippen LogP contribution in [-0.2, 0) is 18.8 Å². The molecule has 0 saturated carbocycles. The van der Waals surface area contributed by atoms with E-state index in [2.05, 4.69) is 5.32 Å². The molecule has 0 aliphatic carbocycles. The Labute approximate surface area is 141 Å². The van der Waals surface area contributed by atoms with Gasteiger partial charge in [-0.1, -0.05) is 36.4 Å². The second kappa shape index (κ2) is 7.07. The van der Waals surface area contributed by atoms with Gasteiger partial charge < -0.3 is 5.32 Å². The van der Waals surface area contributed by atoms with Crippen molar-refractivity contribution in [3.63, 3.8) is 0 Å². The van der Waals surface area contributed by atoms with Crippen molar-refractivity contribution in [1.29, 1.82) is 0 Å². The molecule has 0 bridgehead atoms. The van der Waals surface area contributed by atoms with Crippen LogP contribution in [0.1, 0.15) is 23.6 Å². The first-order valence-corrected chi connectivity index (χ1v) is 7.58. The first kappa shape index (κ1) is 19.3. The minimum absolute atomic E-state index is 0.0823. The maximum absolute atomic E-state index is 13.4. The normalized spacial score (nSPS) is 13.8. The number of hydrogen-bond acceptors (Lipinski definition) is 1. The van der Waals surface area contributed by atoms with Crippen LogP contribution in [0.15, 0.2) is 42.5 Å². The highest BCUT2D eigenvalue weighted by Gasteiger charge is 2.44. The van der Waals surface area contributed by atoms with Gasteiger partial charge >= 0.3 is 12.4 Å². The average molecular weight is 361 g/mol. The smallest absolute Gasteiger partial charge is 0.317 e. The molecule has 25 heavy (non-hydrogen) atoms. The number of benzene rings is 2. The lowest BCUT2D eigenvalue weighted by Crippen LogP contribution is -2.23. The number of halogens is 6. The molecule has 0 aromatic heterocycles. The molecule has 0 aliphatic rings. The minimum atomic E-state index is -5.12. The van der Waals surface area contributed by atoms with Crippen LogP contribution in [0.4, 0.5) is 26.3 Å². The molecule has 136 valence electrons. The Hall–Kier alpha value is -2.02. The second-order valence-corrected chi connectivity index (χ2v) is 5.82. The first-order chi connectivity index (χ1) is 11.5. The number of hydrogen-bond donors (Lipinski definition) is 1. The van der Waals surface area contributed by atoms with E-state index in [1.165, 1.54) is 12.1 Å². The molecule has 0 spiro atoms. The molecule has 0 heterocycles. The summed E-state index contributed by atoms with van der Waals surface area (Å²) in [5, 5.41) is 3.01. The highest BCUT2D eigenvalue weighted by molar-refractivity contribution is 5.70. The molecule has 1 atom stereocenters. The van der Waals surface area contributed by atoms with E-state index >= 15 is 0 Å². The number of nitrogens with one attached hydrogen (secondary N) is 1. The lowest BCUT2D eigenvalue weighted by atomic mass is 9.93. The van der Waals surface area contributed by atoms with Crippen molar-refractivity contribution < 1.29 is 26.3 Å². The van der Waals surface area contributed by atoms with Gasteiger partial charge in [-0.25, -0.2) is 0 Å². The van der Waals surface area contributed by atoms with Crippen molar-refractivity contribution >= 4 is 0 Å². The summed E-state index contributed by atoms with van der Waals surface area (Å²) >= 11 is 0. The van der Waals surface area contributed by atoms with Crippen LogP contribution in [-0.4, -0.2) is 13.1 Å². The average Bonchev–Trinajstić information content (AvgIpc) is 2.52. The fourth-order valence-electron chi connectivity index (χ4n) is 2.66. The molecule has 2 aromatic carbocycles. The maximum atomic E-state index is 13.4. The SMILES string of the molecule is CNC(C)Cc1cccc(-c2cccc(C(F)(F)F)c2C(F)(F)F)c1. The lowest BCUT2D eigenvalue weighted by Gasteiger charge is -2.20. The summed E-state index contributed by atoms with van der Waals surface area (Å²) in [7, 11) is 1.75. The van der Waals surface area contributed by atoms with Crippen LogP contribution in [0.2, 0.25) is 0 Å². The summed E-state index contributed by atoms with van der Waals surface area (Å²) in [6, 6.07) is 8.77. The number of alkyl halides is 6. The standard InChI is InChI=1S/C18H17F6N/c1-11(25-2)9-12-5-3-6-13(10-12)14-7-4-8-15(17(19,20)21)16(14)18(22,23)24/h3-8,10-11,25H,9H2,1-2H3. The van der Waals surface area contributed by atoms with Gasteiger partial charge in [-0.15, -0.1) is 0 Å². The van der Waals surface area contributed by atoms with E-state index in [0.717, 1.165) is 17.7 Å². The van der Waals surface area contributed by atoms with Crippen molar-refractivity contribution in [3.05, 3.63) is 59.2 Å². The largest absolute Gasteiger partial charge is 0.417 e. The predicted molar refractivity (Wildman–Crippen MR) is 84.1 cm³/mol. The van der Waals surface area contributed by atoms with Crippen molar-refractivity contribution in [1.82, 2.24) is 5.32 Å². The molecule has 0 amide bonds. The lowest BCUT2D eigenvalue weighted by molar-refractivity contribution is -0.161. The van der Waals surface area contributed by atoms with Gasteiger partial charge in [0.05, 0.1) is 11.1 Å². The van der Waals surface area contributed by atoms with Gasteiger partial charge in [0.15, 0.2) is 0 Å². The van der Waals surface area contributed by atoms with E-state index < -0.39 is 29.0 Å². The zero-order chi connectivity index (χ0) is 18.8. The van der Waals surface area contributed by atoms with Gasteiger partial charge in [0.25, 0.3) is 0 Å². The topological polar surface area (TPSA) is 12.0 Å². The van der Waals surface area contributed by atoms with Crippen LogP contribution >= 0.6 is 0 Å². The fraction of sp³-hybridized carbons (Fsp3) is 0.333. The van der Waals surface area contributed by atoms with Gasteiger partial charge in [-0.2, -0.15) is 26.3 Å². The van der Waals surface area contributed by atoms with Crippen molar-refractivity contribution in [2.24, 2.45) is 0 Å². The molecule has 2 aromatic rings.